The number of para-hydroxylation sites is 2. The van der Waals surface area contributed by atoms with Crippen molar-refractivity contribution in [3.05, 3.63) is 151 Å². The molecule has 47 heavy (non-hydrogen) atoms. The molecule has 0 aliphatic heterocycles. The highest BCUT2D eigenvalue weighted by atomic mass is 16.3. The zero-order chi connectivity index (χ0) is 31.3. The van der Waals surface area contributed by atoms with Gasteiger partial charge in [-0.3, -0.25) is 0 Å². The average molecular weight is 604 g/mol. The van der Waals surface area contributed by atoms with Gasteiger partial charge in [0.2, 0.25) is 0 Å². The number of hydrogen-bond acceptors (Lipinski definition) is 3. The smallest absolute Gasteiger partial charge is 0.180 e. The standard InChI is InChI=1S/C43H29N3O/c1-43(2)33-20-9-6-17-29(33)30-23-24-35-37(38(30)43)31-18-7-10-21-34(31)46(35)28-16-12-15-27(25-28)42-44-39(26-13-4-3-5-14-26)41-40(45-42)32-19-8-11-22-36(32)47-41/h3-25H,1-2H3. The first-order chi connectivity index (χ1) is 23.1. The fourth-order valence-electron chi connectivity index (χ4n) is 7.91. The Morgan fingerprint density at radius 3 is 2.23 bits per heavy atom. The van der Waals surface area contributed by atoms with Crippen molar-refractivity contribution in [1.82, 2.24) is 14.5 Å². The number of benzene rings is 6. The summed E-state index contributed by atoms with van der Waals surface area (Å²) in [6, 6.07) is 49.2. The molecule has 0 bridgehead atoms. The van der Waals surface area contributed by atoms with E-state index in [0.717, 1.165) is 39.0 Å². The Balaban J connectivity index is 1.22. The van der Waals surface area contributed by atoms with Crippen molar-refractivity contribution >= 4 is 43.9 Å². The minimum atomic E-state index is -0.118. The van der Waals surface area contributed by atoms with Gasteiger partial charge < -0.3 is 8.98 Å². The molecule has 0 spiro atoms. The maximum absolute atomic E-state index is 6.36. The van der Waals surface area contributed by atoms with Crippen molar-refractivity contribution in [2.24, 2.45) is 0 Å². The molecule has 0 amide bonds. The molecule has 9 aromatic rings. The molecule has 10 rings (SSSR count). The fourth-order valence-corrected chi connectivity index (χ4v) is 7.91. The molecule has 1 aliphatic carbocycles. The van der Waals surface area contributed by atoms with E-state index in [2.05, 4.69) is 122 Å². The molecule has 0 radical (unpaired) electrons. The number of hydrogen-bond donors (Lipinski definition) is 0. The highest BCUT2D eigenvalue weighted by Crippen LogP contribution is 2.53. The largest absolute Gasteiger partial charge is 0.452 e. The van der Waals surface area contributed by atoms with Crippen molar-refractivity contribution < 1.29 is 4.42 Å². The fraction of sp³-hybridized carbons (Fsp3) is 0.0698. The molecule has 0 fully saturated rings. The highest BCUT2D eigenvalue weighted by Gasteiger charge is 2.38. The van der Waals surface area contributed by atoms with Crippen molar-refractivity contribution in [3.63, 3.8) is 0 Å². The molecule has 0 unspecified atom stereocenters. The SMILES string of the molecule is CC1(C)c2ccccc2-c2ccc3c(c21)c1ccccc1n3-c1cccc(-c2nc(-c3ccccc3)c3oc4ccccc4c3n2)c1. The van der Waals surface area contributed by atoms with Crippen LogP contribution in [0.4, 0.5) is 0 Å². The van der Waals surface area contributed by atoms with Crippen molar-refractivity contribution in [1.29, 1.82) is 0 Å². The van der Waals surface area contributed by atoms with Gasteiger partial charge >= 0.3 is 0 Å². The Morgan fingerprint density at radius 2 is 1.34 bits per heavy atom. The first-order valence-electron chi connectivity index (χ1n) is 16.1. The van der Waals surface area contributed by atoms with Gasteiger partial charge in [0, 0.05) is 38.4 Å². The summed E-state index contributed by atoms with van der Waals surface area (Å²) in [4.78, 5) is 10.3. The Kier molecular flexibility index (Phi) is 5.31. The summed E-state index contributed by atoms with van der Waals surface area (Å²) >= 11 is 0. The van der Waals surface area contributed by atoms with E-state index in [1.807, 2.05) is 36.4 Å². The van der Waals surface area contributed by atoms with Gasteiger partial charge in [-0.25, -0.2) is 9.97 Å². The van der Waals surface area contributed by atoms with E-state index in [4.69, 9.17) is 14.4 Å². The first kappa shape index (κ1) is 26.2. The number of fused-ring (bicyclic) bond motifs is 10. The van der Waals surface area contributed by atoms with Gasteiger partial charge in [0.25, 0.3) is 0 Å². The number of furan rings is 1. The number of aromatic nitrogens is 3. The molecule has 0 saturated heterocycles. The summed E-state index contributed by atoms with van der Waals surface area (Å²) < 4.78 is 8.76. The van der Waals surface area contributed by atoms with E-state index in [9.17, 15) is 0 Å². The van der Waals surface area contributed by atoms with Crippen molar-refractivity contribution in [2.75, 3.05) is 0 Å². The molecule has 222 valence electrons. The van der Waals surface area contributed by atoms with Crippen LogP contribution >= 0.6 is 0 Å². The summed E-state index contributed by atoms with van der Waals surface area (Å²) in [7, 11) is 0. The number of rotatable bonds is 3. The maximum atomic E-state index is 6.36. The van der Waals surface area contributed by atoms with Crippen LogP contribution in [0.5, 0.6) is 0 Å². The molecule has 0 N–H and O–H groups in total. The molecule has 6 aromatic carbocycles. The monoisotopic (exact) mass is 603 g/mol. The average Bonchev–Trinajstić information content (AvgIpc) is 3.74. The molecule has 4 nitrogen and oxygen atoms in total. The third-order valence-corrected chi connectivity index (χ3v) is 9.98. The summed E-state index contributed by atoms with van der Waals surface area (Å²) in [6.45, 7) is 4.72. The molecular formula is C43H29N3O. The van der Waals surface area contributed by atoms with Crippen LogP contribution in [0.3, 0.4) is 0 Å². The van der Waals surface area contributed by atoms with Crippen LogP contribution in [0.2, 0.25) is 0 Å². The van der Waals surface area contributed by atoms with Gasteiger partial charge in [0.05, 0.1) is 11.0 Å². The molecule has 0 saturated carbocycles. The van der Waals surface area contributed by atoms with E-state index < -0.39 is 0 Å². The van der Waals surface area contributed by atoms with Crippen LogP contribution in [0.15, 0.2) is 144 Å². The highest BCUT2D eigenvalue weighted by molar-refractivity contribution is 6.14. The Hall–Kier alpha value is -6.00. The zero-order valence-electron chi connectivity index (χ0n) is 26.0. The van der Waals surface area contributed by atoms with Gasteiger partial charge in [-0.05, 0) is 58.7 Å². The Labute approximate surface area is 271 Å². The van der Waals surface area contributed by atoms with E-state index in [1.165, 1.54) is 44.1 Å². The lowest BCUT2D eigenvalue weighted by molar-refractivity contribution is 0.666. The lowest BCUT2D eigenvalue weighted by atomic mass is 9.80. The van der Waals surface area contributed by atoms with Crippen LogP contribution < -0.4 is 0 Å². The van der Waals surface area contributed by atoms with Crippen LogP contribution in [-0.2, 0) is 5.41 Å². The molecule has 3 heterocycles. The normalized spacial score (nSPS) is 13.5. The van der Waals surface area contributed by atoms with E-state index >= 15 is 0 Å². The lowest BCUT2D eigenvalue weighted by Crippen LogP contribution is -2.15. The predicted molar refractivity (Wildman–Crippen MR) is 192 cm³/mol. The second-order valence-corrected chi connectivity index (χ2v) is 13.0. The minimum Gasteiger partial charge on any atom is -0.452 e. The third kappa shape index (κ3) is 3.64. The Bertz CT molecular complexity index is 2710. The van der Waals surface area contributed by atoms with Crippen molar-refractivity contribution in [2.45, 2.75) is 19.3 Å². The van der Waals surface area contributed by atoms with Crippen LogP contribution in [0.25, 0.3) is 83.3 Å². The Morgan fingerprint density at radius 1 is 0.596 bits per heavy atom. The molecule has 0 atom stereocenters. The summed E-state index contributed by atoms with van der Waals surface area (Å²) in [5, 5.41) is 3.57. The molecule has 4 heteroatoms. The first-order valence-corrected chi connectivity index (χ1v) is 16.1. The zero-order valence-corrected chi connectivity index (χ0v) is 26.0. The topological polar surface area (TPSA) is 43.9 Å². The second-order valence-electron chi connectivity index (χ2n) is 13.0. The van der Waals surface area contributed by atoms with E-state index in [0.29, 0.717) is 11.4 Å². The minimum absolute atomic E-state index is 0.118. The third-order valence-electron chi connectivity index (χ3n) is 9.98. The van der Waals surface area contributed by atoms with Crippen LogP contribution in [0.1, 0.15) is 25.0 Å². The van der Waals surface area contributed by atoms with Gasteiger partial charge in [0.1, 0.15) is 16.8 Å². The summed E-state index contributed by atoms with van der Waals surface area (Å²) in [5.41, 5.74) is 13.9. The van der Waals surface area contributed by atoms with Crippen molar-refractivity contribution in [3.8, 4) is 39.5 Å². The molecule has 3 aromatic heterocycles. The van der Waals surface area contributed by atoms with Crippen LogP contribution in [0, 0.1) is 0 Å². The van der Waals surface area contributed by atoms with Crippen LogP contribution in [-0.4, -0.2) is 14.5 Å². The van der Waals surface area contributed by atoms with Gasteiger partial charge in [-0.1, -0.05) is 117 Å². The second kappa shape index (κ2) is 9.51. The van der Waals surface area contributed by atoms with Gasteiger partial charge in [0.15, 0.2) is 11.4 Å². The maximum Gasteiger partial charge on any atom is 0.180 e. The van der Waals surface area contributed by atoms with Gasteiger partial charge in [-0.2, -0.15) is 0 Å². The summed E-state index contributed by atoms with van der Waals surface area (Å²) in [6.07, 6.45) is 0. The lowest BCUT2D eigenvalue weighted by Gasteiger charge is -2.22. The van der Waals surface area contributed by atoms with Gasteiger partial charge in [-0.15, -0.1) is 0 Å². The molecule has 1 aliphatic rings. The predicted octanol–water partition coefficient (Wildman–Crippen LogP) is 11.1. The van der Waals surface area contributed by atoms with E-state index in [-0.39, 0.29) is 5.41 Å². The van der Waals surface area contributed by atoms with E-state index in [1.54, 1.807) is 0 Å². The quantitative estimate of drug-likeness (QED) is 0.202. The molecular weight excluding hydrogens is 574 g/mol. The number of nitrogens with zero attached hydrogens (tertiary/aromatic N) is 3. The summed E-state index contributed by atoms with van der Waals surface area (Å²) in [5.74, 6) is 0.669.